The molecule has 0 aliphatic heterocycles. The second-order valence-electron chi connectivity index (χ2n) is 6.13. The van der Waals surface area contributed by atoms with Gasteiger partial charge in [-0.1, -0.05) is 24.3 Å². The van der Waals surface area contributed by atoms with Gasteiger partial charge in [0.05, 0.1) is 5.54 Å². The Bertz CT molecular complexity index is 708. The van der Waals surface area contributed by atoms with Crippen LogP contribution in [0.25, 0.3) is 0 Å². The highest BCUT2D eigenvalue weighted by Crippen LogP contribution is 2.16. The molecule has 0 aliphatic rings. The number of carbonyl (C=O) groups excluding carboxylic acids is 2. The number of hydrogen-bond donors (Lipinski definition) is 1. The maximum absolute atomic E-state index is 13.3. The lowest BCUT2D eigenvalue weighted by Crippen LogP contribution is -2.55. The number of hydrazine groups is 1. The monoisotopic (exact) mass is 314 g/mol. The van der Waals surface area contributed by atoms with Gasteiger partial charge in [0.1, 0.15) is 5.82 Å². The van der Waals surface area contributed by atoms with Crippen LogP contribution < -0.4 is 5.43 Å². The summed E-state index contributed by atoms with van der Waals surface area (Å²) in [6.45, 7) is 5.42. The lowest BCUT2D eigenvalue weighted by Gasteiger charge is -2.35. The molecule has 4 nitrogen and oxygen atoms in total. The first kappa shape index (κ1) is 16.7. The first-order valence-corrected chi connectivity index (χ1v) is 7.25. The van der Waals surface area contributed by atoms with Crippen LogP contribution in [0.5, 0.6) is 0 Å². The largest absolute Gasteiger partial charge is 0.272 e. The zero-order valence-electron chi connectivity index (χ0n) is 13.3. The van der Waals surface area contributed by atoms with Gasteiger partial charge < -0.3 is 0 Å². The summed E-state index contributed by atoms with van der Waals surface area (Å²) in [6, 6.07) is 14.0. The molecule has 0 aromatic heterocycles. The molecule has 0 bridgehead atoms. The van der Waals surface area contributed by atoms with E-state index in [1.54, 1.807) is 45.0 Å². The molecule has 0 saturated carbocycles. The van der Waals surface area contributed by atoms with Crippen molar-refractivity contribution < 1.29 is 14.0 Å². The third-order valence-corrected chi connectivity index (χ3v) is 3.19. The van der Waals surface area contributed by atoms with Gasteiger partial charge in [-0.3, -0.25) is 15.0 Å². The van der Waals surface area contributed by atoms with Crippen LogP contribution in [0.15, 0.2) is 54.6 Å². The lowest BCUT2D eigenvalue weighted by molar-refractivity contribution is 0.0358. The summed E-state index contributed by atoms with van der Waals surface area (Å²) >= 11 is 0. The Morgan fingerprint density at radius 3 is 2.13 bits per heavy atom. The Balaban J connectivity index is 2.27. The van der Waals surface area contributed by atoms with Crippen molar-refractivity contribution in [2.24, 2.45) is 0 Å². The second kappa shape index (κ2) is 6.60. The van der Waals surface area contributed by atoms with E-state index in [1.807, 2.05) is 6.07 Å². The average Bonchev–Trinajstić information content (AvgIpc) is 2.51. The fourth-order valence-electron chi connectivity index (χ4n) is 2.03. The normalized spacial score (nSPS) is 11.0. The smallest absolute Gasteiger partial charge is 0.267 e. The van der Waals surface area contributed by atoms with Crippen molar-refractivity contribution in [1.82, 2.24) is 10.4 Å². The number of carbonyl (C=O) groups is 2. The van der Waals surface area contributed by atoms with Crippen LogP contribution in [0.4, 0.5) is 4.39 Å². The van der Waals surface area contributed by atoms with E-state index in [4.69, 9.17) is 0 Å². The molecule has 1 N–H and O–H groups in total. The topological polar surface area (TPSA) is 49.4 Å². The number of hydrogen-bond acceptors (Lipinski definition) is 2. The van der Waals surface area contributed by atoms with Gasteiger partial charge in [-0.25, -0.2) is 9.40 Å². The highest BCUT2D eigenvalue weighted by molar-refractivity contribution is 5.99. The van der Waals surface area contributed by atoms with E-state index in [-0.39, 0.29) is 11.5 Å². The highest BCUT2D eigenvalue weighted by atomic mass is 19.1. The van der Waals surface area contributed by atoms with Crippen molar-refractivity contribution in [3.63, 3.8) is 0 Å². The summed E-state index contributed by atoms with van der Waals surface area (Å²) in [5.41, 5.74) is 2.55. The average molecular weight is 314 g/mol. The van der Waals surface area contributed by atoms with E-state index in [1.165, 1.54) is 23.2 Å². The molecule has 2 aromatic carbocycles. The van der Waals surface area contributed by atoms with Gasteiger partial charge in [0.25, 0.3) is 11.8 Å². The minimum absolute atomic E-state index is 0.153. The number of rotatable bonds is 2. The van der Waals surface area contributed by atoms with Gasteiger partial charge in [0.15, 0.2) is 0 Å². The van der Waals surface area contributed by atoms with E-state index in [0.29, 0.717) is 5.56 Å². The molecule has 0 atom stereocenters. The molecule has 0 fully saturated rings. The summed E-state index contributed by atoms with van der Waals surface area (Å²) in [5.74, 6) is -1.37. The first-order valence-electron chi connectivity index (χ1n) is 7.25. The van der Waals surface area contributed by atoms with Gasteiger partial charge >= 0.3 is 0 Å². The molecule has 5 heteroatoms. The quantitative estimate of drug-likeness (QED) is 0.864. The number of nitrogens with zero attached hydrogens (tertiary/aromatic N) is 1. The summed E-state index contributed by atoms with van der Waals surface area (Å²) in [6.07, 6.45) is 0. The molecular formula is C18H19FN2O2. The van der Waals surface area contributed by atoms with Crippen LogP contribution in [0.2, 0.25) is 0 Å². The van der Waals surface area contributed by atoms with Crippen LogP contribution in [0.3, 0.4) is 0 Å². The van der Waals surface area contributed by atoms with Crippen molar-refractivity contribution in [3.8, 4) is 0 Å². The van der Waals surface area contributed by atoms with E-state index in [9.17, 15) is 14.0 Å². The van der Waals surface area contributed by atoms with Crippen LogP contribution in [-0.2, 0) is 0 Å². The van der Waals surface area contributed by atoms with Crippen molar-refractivity contribution in [1.29, 1.82) is 0 Å². The molecule has 120 valence electrons. The fraction of sp³-hybridized carbons (Fsp3) is 0.222. The van der Waals surface area contributed by atoms with E-state index in [2.05, 4.69) is 5.43 Å². The van der Waals surface area contributed by atoms with Gasteiger partial charge in [0.2, 0.25) is 0 Å². The lowest BCUT2D eigenvalue weighted by atomic mass is 10.1. The summed E-state index contributed by atoms with van der Waals surface area (Å²) in [4.78, 5) is 25.0. The van der Waals surface area contributed by atoms with Crippen LogP contribution >= 0.6 is 0 Å². The minimum Gasteiger partial charge on any atom is -0.267 e. The van der Waals surface area contributed by atoms with Crippen LogP contribution in [-0.4, -0.2) is 22.4 Å². The van der Waals surface area contributed by atoms with Gasteiger partial charge in [-0.05, 0) is 51.1 Å². The van der Waals surface area contributed by atoms with Crippen molar-refractivity contribution in [3.05, 3.63) is 71.5 Å². The summed E-state index contributed by atoms with van der Waals surface area (Å²) < 4.78 is 13.3. The number of amides is 2. The molecule has 0 spiro atoms. The van der Waals surface area contributed by atoms with Crippen molar-refractivity contribution >= 4 is 11.8 Å². The highest BCUT2D eigenvalue weighted by Gasteiger charge is 2.29. The molecule has 0 aliphatic carbocycles. The van der Waals surface area contributed by atoms with Gasteiger partial charge in [-0.15, -0.1) is 0 Å². The predicted octanol–water partition coefficient (Wildman–Crippen LogP) is 3.41. The van der Waals surface area contributed by atoms with Gasteiger partial charge in [-0.2, -0.15) is 0 Å². The Kier molecular flexibility index (Phi) is 4.79. The third kappa shape index (κ3) is 4.16. The SMILES string of the molecule is CC(C)(C)N(NC(=O)c1cccc(F)c1)C(=O)c1ccccc1. The molecule has 0 saturated heterocycles. The second-order valence-corrected chi connectivity index (χ2v) is 6.13. The summed E-state index contributed by atoms with van der Waals surface area (Å²) in [7, 11) is 0. The molecular weight excluding hydrogens is 295 g/mol. The Morgan fingerprint density at radius 2 is 1.57 bits per heavy atom. The van der Waals surface area contributed by atoms with Crippen molar-refractivity contribution in [2.45, 2.75) is 26.3 Å². The standard InChI is InChI=1S/C18H19FN2O2/c1-18(2,3)21(17(23)13-8-5-4-6-9-13)20-16(22)14-10-7-11-15(19)12-14/h4-12H,1-3H3,(H,20,22). The molecule has 0 heterocycles. The molecule has 0 radical (unpaired) electrons. The number of halogens is 1. The van der Waals surface area contributed by atoms with E-state index >= 15 is 0 Å². The molecule has 2 amide bonds. The molecule has 2 rings (SSSR count). The van der Waals surface area contributed by atoms with E-state index in [0.717, 1.165) is 6.07 Å². The number of nitrogens with one attached hydrogen (secondary N) is 1. The Labute approximate surface area is 134 Å². The Morgan fingerprint density at radius 1 is 0.957 bits per heavy atom. The zero-order chi connectivity index (χ0) is 17.0. The minimum atomic E-state index is -0.643. The maximum atomic E-state index is 13.3. The molecule has 0 unspecified atom stereocenters. The van der Waals surface area contributed by atoms with Crippen LogP contribution in [0.1, 0.15) is 41.5 Å². The predicted molar refractivity (Wildman–Crippen MR) is 86.2 cm³/mol. The summed E-state index contributed by atoms with van der Waals surface area (Å²) in [5, 5.41) is 1.26. The van der Waals surface area contributed by atoms with Gasteiger partial charge in [0, 0.05) is 11.1 Å². The third-order valence-electron chi connectivity index (χ3n) is 3.19. The Hall–Kier alpha value is -2.69. The fourth-order valence-corrected chi connectivity index (χ4v) is 2.03. The van der Waals surface area contributed by atoms with Crippen LogP contribution in [0, 0.1) is 5.82 Å². The molecule has 2 aromatic rings. The molecule has 23 heavy (non-hydrogen) atoms. The zero-order valence-corrected chi connectivity index (χ0v) is 13.3. The maximum Gasteiger partial charge on any atom is 0.272 e. The van der Waals surface area contributed by atoms with E-state index < -0.39 is 17.3 Å². The number of benzene rings is 2. The van der Waals surface area contributed by atoms with Crippen molar-refractivity contribution in [2.75, 3.05) is 0 Å². The first-order chi connectivity index (χ1) is 10.8.